The highest BCUT2D eigenvalue weighted by Gasteiger charge is 2.22. The molecule has 1 unspecified atom stereocenters. The highest BCUT2D eigenvalue weighted by atomic mass is 16.5. The van der Waals surface area contributed by atoms with Crippen LogP contribution in [0.25, 0.3) is 0 Å². The number of amides is 2. The van der Waals surface area contributed by atoms with Crippen LogP contribution in [0.1, 0.15) is 53.2 Å². The summed E-state index contributed by atoms with van der Waals surface area (Å²) in [5, 5.41) is 2.85. The van der Waals surface area contributed by atoms with E-state index in [0.29, 0.717) is 13.1 Å². The van der Waals surface area contributed by atoms with Crippen LogP contribution in [-0.4, -0.2) is 47.0 Å². The Hall–Kier alpha value is -2.73. The molecule has 3 rings (SSSR count). The maximum atomic E-state index is 13.0. The predicted octanol–water partition coefficient (Wildman–Crippen LogP) is 3.04. The molecule has 2 amide bonds. The highest BCUT2D eigenvalue weighted by molar-refractivity contribution is 5.96. The Bertz CT molecular complexity index is 802. The third kappa shape index (κ3) is 5.16. The first-order chi connectivity index (χ1) is 13.5. The molecule has 0 aliphatic carbocycles. The second kappa shape index (κ2) is 9.46. The van der Waals surface area contributed by atoms with E-state index in [9.17, 15) is 9.59 Å². The van der Waals surface area contributed by atoms with Crippen molar-refractivity contribution in [3.63, 3.8) is 0 Å². The maximum Gasteiger partial charge on any atom is 0.273 e. The van der Waals surface area contributed by atoms with Crippen molar-refractivity contribution in [1.29, 1.82) is 0 Å². The second-order valence-corrected chi connectivity index (χ2v) is 7.27. The van der Waals surface area contributed by atoms with Crippen molar-refractivity contribution in [2.45, 2.75) is 45.4 Å². The summed E-state index contributed by atoms with van der Waals surface area (Å²) in [6.07, 6.45) is 2.04. The van der Waals surface area contributed by atoms with Crippen LogP contribution in [-0.2, 0) is 11.3 Å². The molecule has 0 radical (unpaired) electrons. The topological polar surface area (TPSA) is 71.5 Å². The Morgan fingerprint density at radius 3 is 2.57 bits per heavy atom. The highest BCUT2D eigenvalue weighted by Crippen LogP contribution is 2.14. The fourth-order valence-electron chi connectivity index (χ4n) is 3.20. The molecule has 2 heterocycles. The molecule has 148 valence electrons. The summed E-state index contributed by atoms with van der Waals surface area (Å²) in [4.78, 5) is 31.5. The molecule has 1 aromatic heterocycles. The van der Waals surface area contributed by atoms with E-state index in [2.05, 4.69) is 10.3 Å². The number of rotatable bonds is 7. The van der Waals surface area contributed by atoms with Gasteiger partial charge < -0.3 is 15.0 Å². The van der Waals surface area contributed by atoms with Gasteiger partial charge in [-0.25, -0.2) is 4.98 Å². The van der Waals surface area contributed by atoms with Crippen LogP contribution in [0, 0.1) is 0 Å². The quantitative estimate of drug-likeness (QED) is 0.800. The summed E-state index contributed by atoms with van der Waals surface area (Å²) >= 11 is 0. The monoisotopic (exact) mass is 381 g/mol. The van der Waals surface area contributed by atoms with Crippen molar-refractivity contribution in [3.05, 3.63) is 65.5 Å². The number of hydrogen-bond donors (Lipinski definition) is 1. The number of aromatic nitrogens is 1. The van der Waals surface area contributed by atoms with Gasteiger partial charge in [-0.1, -0.05) is 36.4 Å². The Morgan fingerprint density at radius 2 is 1.89 bits per heavy atom. The van der Waals surface area contributed by atoms with E-state index >= 15 is 0 Å². The van der Waals surface area contributed by atoms with Crippen LogP contribution in [0.2, 0.25) is 0 Å². The van der Waals surface area contributed by atoms with Gasteiger partial charge in [0.05, 0.1) is 6.10 Å². The molecule has 0 bridgehead atoms. The summed E-state index contributed by atoms with van der Waals surface area (Å²) in [6, 6.07) is 14.8. The summed E-state index contributed by atoms with van der Waals surface area (Å²) in [7, 11) is 0. The van der Waals surface area contributed by atoms with Gasteiger partial charge in [0, 0.05) is 25.7 Å². The zero-order chi connectivity index (χ0) is 19.9. The van der Waals surface area contributed by atoms with Gasteiger partial charge in [0.25, 0.3) is 11.8 Å². The van der Waals surface area contributed by atoms with Crippen LogP contribution in [0.3, 0.4) is 0 Å². The minimum absolute atomic E-state index is 0.00602. The van der Waals surface area contributed by atoms with Gasteiger partial charge in [0.2, 0.25) is 0 Å². The summed E-state index contributed by atoms with van der Waals surface area (Å²) in [5.41, 5.74) is 1.57. The Labute approximate surface area is 165 Å². The first-order valence-electron chi connectivity index (χ1n) is 9.76. The molecule has 6 nitrogen and oxygen atoms in total. The largest absolute Gasteiger partial charge is 0.376 e. The molecule has 0 saturated carbocycles. The average molecular weight is 381 g/mol. The molecular weight excluding hydrogens is 354 g/mol. The van der Waals surface area contributed by atoms with Crippen LogP contribution in [0.15, 0.2) is 48.5 Å². The lowest BCUT2D eigenvalue weighted by Crippen LogP contribution is -2.37. The molecule has 28 heavy (non-hydrogen) atoms. The lowest BCUT2D eigenvalue weighted by molar-refractivity contribution is 0.0684. The number of carbonyl (C=O) groups excluding carboxylic acids is 2. The van der Waals surface area contributed by atoms with Crippen molar-refractivity contribution in [3.8, 4) is 0 Å². The Morgan fingerprint density at radius 1 is 1.14 bits per heavy atom. The van der Waals surface area contributed by atoms with E-state index in [1.165, 1.54) is 0 Å². The lowest BCUT2D eigenvalue weighted by Gasteiger charge is -2.26. The van der Waals surface area contributed by atoms with Crippen LogP contribution in [0.4, 0.5) is 0 Å². The van der Waals surface area contributed by atoms with E-state index < -0.39 is 0 Å². The predicted molar refractivity (Wildman–Crippen MR) is 107 cm³/mol. The molecule has 1 saturated heterocycles. The molecule has 1 aromatic carbocycles. The number of pyridine rings is 1. The molecule has 2 aromatic rings. The van der Waals surface area contributed by atoms with E-state index in [0.717, 1.165) is 25.0 Å². The van der Waals surface area contributed by atoms with Crippen molar-refractivity contribution < 1.29 is 14.3 Å². The van der Waals surface area contributed by atoms with Crippen LogP contribution in [0.5, 0.6) is 0 Å². The normalized spacial score (nSPS) is 16.2. The van der Waals surface area contributed by atoms with E-state index in [1.54, 1.807) is 23.1 Å². The van der Waals surface area contributed by atoms with Crippen LogP contribution < -0.4 is 5.32 Å². The average Bonchev–Trinajstić information content (AvgIpc) is 3.24. The fraction of sp³-hybridized carbons (Fsp3) is 0.409. The van der Waals surface area contributed by atoms with Crippen molar-refractivity contribution in [1.82, 2.24) is 15.2 Å². The van der Waals surface area contributed by atoms with Crippen molar-refractivity contribution in [2.24, 2.45) is 0 Å². The van der Waals surface area contributed by atoms with E-state index in [-0.39, 0.29) is 35.3 Å². The maximum absolute atomic E-state index is 13.0. The first-order valence-corrected chi connectivity index (χ1v) is 9.76. The van der Waals surface area contributed by atoms with Gasteiger partial charge in [-0.3, -0.25) is 9.59 Å². The molecule has 6 heteroatoms. The SMILES string of the molecule is CC(C)N(Cc1ccccc1)C(=O)c1cccc(C(=O)NCC2CCCO2)n1. The molecule has 1 N–H and O–H groups in total. The van der Waals surface area contributed by atoms with Gasteiger partial charge in [0.1, 0.15) is 11.4 Å². The smallest absolute Gasteiger partial charge is 0.273 e. The second-order valence-electron chi connectivity index (χ2n) is 7.27. The number of hydrogen-bond acceptors (Lipinski definition) is 4. The first kappa shape index (κ1) is 20.0. The standard InChI is InChI=1S/C22H27N3O3/c1-16(2)25(15-17-8-4-3-5-9-17)22(27)20-12-6-11-19(24-20)21(26)23-14-18-10-7-13-28-18/h3-6,8-9,11-12,16,18H,7,10,13-15H2,1-2H3,(H,23,26). The third-order valence-electron chi connectivity index (χ3n) is 4.80. The molecule has 1 atom stereocenters. The van der Waals surface area contributed by atoms with Crippen molar-refractivity contribution in [2.75, 3.05) is 13.2 Å². The summed E-state index contributed by atoms with van der Waals surface area (Å²) in [6.45, 7) is 5.65. The van der Waals surface area contributed by atoms with E-state index in [4.69, 9.17) is 4.74 Å². The minimum atomic E-state index is -0.288. The number of carbonyl (C=O) groups is 2. The van der Waals surface area contributed by atoms with Gasteiger partial charge in [-0.05, 0) is 44.4 Å². The Kier molecular flexibility index (Phi) is 6.76. The van der Waals surface area contributed by atoms with Gasteiger partial charge in [-0.15, -0.1) is 0 Å². The van der Waals surface area contributed by atoms with Gasteiger partial charge >= 0.3 is 0 Å². The van der Waals surface area contributed by atoms with Gasteiger partial charge in [0.15, 0.2) is 0 Å². The van der Waals surface area contributed by atoms with Gasteiger partial charge in [-0.2, -0.15) is 0 Å². The molecule has 1 fully saturated rings. The number of benzene rings is 1. The third-order valence-corrected chi connectivity index (χ3v) is 4.80. The summed E-state index contributed by atoms with van der Waals surface area (Å²) < 4.78 is 5.52. The summed E-state index contributed by atoms with van der Waals surface area (Å²) in [5.74, 6) is -0.475. The minimum Gasteiger partial charge on any atom is -0.376 e. The van der Waals surface area contributed by atoms with E-state index in [1.807, 2.05) is 44.2 Å². The number of nitrogens with zero attached hydrogens (tertiary/aromatic N) is 2. The molecule has 0 spiro atoms. The lowest BCUT2D eigenvalue weighted by atomic mass is 10.1. The number of ether oxygens (including phenoxy) is 1. The molecule has 1 aliphatic rings. The molecule has 1 aliphatic heterocycles. The van der Waals surface area contributed by atoms with Crippen molar-refractivity contribution >= 4 is 11.8 Å². The number of nitrogens with one attached hydrogen (secondary N) is 1. The zero-order valence-corrected chi connectivity index (χ0v) is 16.4. The fourth-order valence-corrected chi connectivity index (χ4v) is 3.20. The Balaban J connectivity index is 1.69. The molecular formula is C22H27N3O3. The zero-order valence-electron chi connectivity index (χ0n) is 16.4. The van der Waals surface area contributed by atoms with Crippen LogP contribution >= 0.6 is 0 Å².